The first-order chi connectivity index (χ1) is 9.56. The van der Waals surface area contributed by atoms with Crippen molar-refractivity contribution in [3.63, 3.8) is 0 Å². The fourth-order valence-electron chi connectivity index (χ4n) is 2.32. The molecular weight excluding hydrogens is 248 g/mol. The Bertz CT molecular complexity index is 512. The average molecular weight is 272 g/mol. The van der Waals surface area contributed by atoms with Crippen molar-refractivity contribution in [3.8, 4) is 0 Å². The zero-order valence-corrected chi connectivity index (χ0v) is 12.8. The van der Waals surface area contributed by atoms with Crippen LogP contribution in [0, 0.1) is 19.8 Å². The van der Waals surface area contributed by atoms with E-state index in [1.54, 1.807) is 0 Å². The maximum Gasteiger partial charge on any atom is 0.208 e. The lowest BCUT2D eigenvalue weighted by Crippen LogP contribution is -2.22. The van der Waals surface area contributed by atoms with Crippen molar-refractivity contribution in [1.29, 1.82) is 0 Å². The van der Waals surface area contributed by atoms with Gasteiger partial charge in [0.2, 0.25) is 5.89 Å². The van der Waals surface area contributed by atoms with Gasteiger partial charge in [0.25, 0.3) is 0 Å². The molecule has 108 valence electrons. The maximum atomic E-state index is 5.63. The Balaban J connectivity index is 2.04. The lowest BCUT2D eigenvalue weighted by molar-refractivity contribution is 0.388. The first-order valence-corrected chi connectivity index (χ1v) is 7.27. The third-order valence-electron chi connectivity index (χ3n) is 3.48. The van der Waals surface area contributed by atoms with Crippen LogP contribution in [0.4, 0.5) is 0 Å². The molecule has 3 nitrogen and oxygen atoms in total. The van der Waals surface area contributed by atoms with Crippen molar-refractivity contribution in [2.24, 2.45) is 5.92 Å². The van der Waals surface area contributed by atoms with E-state index >= 15 is 0 Å². The molecule has 1 unspecified atom stereocenters. The Kier molecular flexibility index (Phi) is 4.96. The molecular formula is C17H24N2O. The fourth-order valence-corrected chi connectivity index (χ4v) is 2.32. The van der Waals surface area contributed by atoms with E-state index in [9.17, 15) is 0 Å². The van der Waals surface area contributed by atoms with E-state index in [1.807, 2.05) is 13.8 Å². The second-order valence-corrected chi connectivity index (χ2v) is 5.72. The first kappa shape index (κ1) is 14.8. The smallest absolute Gasteiger partial charge is 0.208 e. The Morgan fingerprint density at radius 1 is 1.15 bits per heavy atom. The maximum absolute atomic E-state index is 5.63. The molecule has 0 bridgehead atoms. The molecule has 20 heavy (non-hydrogen) atoms. The molecule has 0 saturated carbocycles. The van der Waals surface area contributed by atoms with Crippen molar-refractivity contribution >= 4 is 0 Å². The van der Waals surface area contributed by atoms with Gasteiger partial charge in [-0.2, -0.15) is 0 Å². The second kappa shape index (κ2) is 6.71. The molecule has 1 atom stereocenters. The molecule has 0 spiro atoms. The predicted octanol–water partition coefficient (Wildman–Crippen LogP) is 4.17. The van der Waals surface area contributed by atoms with Gasteiger partial charge in [0.1, 0.15) is 5.76 Å². The third kappa shape index (κ3) is 3.94. The summed E-state index contributed by atoms with van der Waals surface area (Å²) < 4.78 is 5.63. The van der Waals surface area contributed by atoms with Gasteiger partial charge in [-0.1, -0.05) is 44.2 Å². The Hall–Kier alpha value is -1.61. The Morgan fingerprint density at radius 2 is 1.85 bits per heavy atom. The number of aromatic nitrogens is 1. The molecule has 0 aliphatic rings. The molecule has 0 fully saturated rings. The summed E-state index contributed by atoms with van der Waals surface area (Å²) >= 11 is 0. The minimum absolute atomic E-state index is 0.337. The quantitative estimate of drug-likeness (QED) is 0.857. The van der Waals surface area contributed by atoms with Crippen LogP contribution in [0.5, 0.6) is 0 Å². The molecule has 0 saturated heterocycles. The van der Waals surface area contributed by atoms with E-state index in [4.69, 9.17) is 4.42 Å². The Morgan fingerprint density at radius 3 is 2.40 bits per heavy atom. The van der Waals surface area contributed by atoms with Crippen molar-refractivity contribution in [2.75, 3.05) is 0 Å². The lowest BCUT2D eigenvalue weighted by Gasteiger charge is -2.20. The van der Waals surface area contributed by atoms with Crippen LogP contribution >= 0.6 is 0 Å². The fraction of sp³-hybridized carbons (Fsp3) is 0.471. The summed E-state index contributed by atoms with van der Waals surface area (Å²) in [5.41, 5.74) is 2.29. The summed E-state index contributed by atoms with van der Waals surface area (Å²) in [6, 6.07) is 10.9. The van der Waals surface area contributed by atoms with Gasteiger partial charge in [0.05, 0.1) is 12.2 Å². The average Bonchev–Trinajstić information content (AvgIpc) is 2.74. The van der Waals surface area contributed by atoms with Gasteiger partial charge in [0.15, 0.2) is 0 Å². The highest BCUT2D eigenvalue weighted by molar-refractivity contribution is 5.19. The normalized spacial score (nSPS) is 12.8. The van der Waals surface area contributed by atoms with Gasteiger partial charge in [-0.3, -0.25) is 0 Å². The molecule has 2 rings (SSSR count). The summed E-state index contributed by atoms with van der Waals surface area (Å²) in [4.78, 5) is 4.43. The van der Waals surface area contributed by atoms with Crippen LogP contribution in [0.25, 0.3) is 0 Å². The van der Waals surface area contributed by atoms with Crippen LogP contribution in [0.15, 0.2) is 34.7 Å². The summed E-state index contributed by atoms with van der Waals surface area (Å²) in [6.07, 6.45) is 1.10. The van der Waals surface area contributed by atoms with E-state index in [0.717, 1.165) is 23.8 Å². The molecule has 0 amide bonds. The minimum Gasteiger partial charge on any atom is -0.444 e. The number of nitrogens with one attached hydrogen (secondary N) is 1. The lowest BCUT2D eigenvalue weighted by atomic mass is 9.97. The predicted molar refractivity (Wildman–Crippen MR) is 81.5 cm³/mol. The van der Waals surface area contributed by atoms with Crippen LogP contribution in [0.3, 0.4) is 0 Å². The topological polar surface area (TPSA) is 38.1 Å². The van der Waals surface area contributed by atoms with Gasteiger partial charge in [-0.05, 0) is 31.7 Å². The van der Waals surface area contributed by atoms with Crippen LogP contribution in [-0.2, 0) is 6.54 Å². The van der Waals surface area contributed by atoms with Gasteiger partial charge < -0.3 is 9.73 Å². The largest absolute Gasteiger partial charge is 0.444 e. The number of rotatable bonds is 6. The van der Waals surface area contributed by atoms with Crippen LogP contribution < -0.4 is 5.32 Å². The SMILES string of the molecule is Cc1nc(CNC(CC(C)C)c2ccccc2)oc1C. The number of hydrogen-bond acceptors (Lipinski definition) is 3. The highest BCUT2D eigenvalue weighted by atomic mass is 16.4. The number of nitrogens with zero attached hydrogens (tertiary/aromatic N) is 1. The number of oxazole rings is 1. The molecule has 1 heterocycles. The molecule has 1 aromatic heterocycles. The van der Waals surface area contributed by atoms with Crippen molar-refractivity contribution in [2.45, 2.75) is 46.7 Å². The minimum atomic E-state index is 0.337. The second-order valence-electron chi connectivity index (χ2n) is 5.72. The highest BCUT2D eigenvalue weighted by Crippen LogP contribution is 2.21. The molecule has 1 N–H and O–H groups in total. The van der Waals surface area contributed by atoms with E-state index in [2.05, 4.69) is 54.5 Å². The van der Waals surface area contributed by atoms with Gasteiger partial charge in [-0.15, -0.1) is 0 Å². The molecule has 0 aliphatic carbocycles. The van der Waals surface area contributed by atoms with E-state index < -0.39 is 0 Å². The van der Waals surface area contributed by atoms with Crippen LogP contribution in [-0.4, -0.2) is 4.98 Å². The molecule has 2 aromatic rings. The zero-order valence-electron chi connectivity index (χ0n) is 12.8. The van der Waals surface area contributed by atoms with Crippen LogP contribution in [0.1, 0.15) is 49.2 Å². The summed E-state index contributed by atoms with van der Waals surface area (Å²) in [5, 5.41) is 3.57. The standard InChI is InChI=1S/C17H24N2O/c1-12(2)10-16(15-8-6-5-7-9-15)18-11-17-19-13(3)14(4)20-17/h5-9,12,16,18H,10-11H2,1-4H3. The first-order valence-electron chi connectivity index (χ1n) is 7.27. The summed E-state index contributed by atoms with van der Waals surface area (Å²) in [5.74, 6) is 2.31. The molecule has 3 heteroatoms. The highest BCUT2D eigenvalue weighted by Gasteiger charge is 2.14. The van der Waals surface area contributed by atoms with Crippen LogP contribution in [0.2, 0.25) is 0 Å². The van der Waals surface area contributed by atoms with E-state index in [0.29, 0.717) is 18.5 Å². The van der Waals surface area contributed by atoms with Crippen molar-refractivity contribution < 1.29 is 4.42 Å². The van der Waals surface area contributed by atoms with Gasteiger partial charge >= 0.3 is 0 Å². The summed E-state index contributed by atoms with van der Waals surface area (Å²) in [7, 11) is 0. The van der Waals surface area contributed by atoms with E-state index in [1.165, 1.54) is 5.56 Å². The molecule has 0 aliphatic heterocycles. The number of benzene rings is 1. The van der Waals surface area contributed by atoms with Gasteiger partial charge in [0, 0.05) is 6.04 Å². The zero-order chi connectivity index (χ0) is 14.5. The number of hydrogen-bond donors (Lipinski definition) is 1. The van der Waals surface area contributed by atoms with E-state index in [-0.39, 0.29) is 0 Å². The van der Waals surface area contributed by atoms with Crippen molar-refractivity contribution in [1.82, 2.24) is 10.3 Å². The molecule has 1 aromatic carbocycles. The molecule has 0 radical (unpaired) electrons. The number of aryl methyl sites for hydroxylation is 2. The van der Waals surface area contributed by atoms with Gasteiger partial charge in [-0.25, -0.2) is 4.98 Å². The Labute approximate surface area is 121 Å². The van der Waals surface area contributed by atoms with Crippen molar-refractivity contribution in [3.05, 3.63) is 53.2 Å². The summed E-state index contributed by atoms with van der Waals surface area (Å²) in [6.45, 7) is 9.09. The third-order valence-corrected chi connectivity index (χ3v) is 3.48. The monoisotopic (exact) mass is 272 g/mol.